The van der Waals surface area contributed by atoms with Crippen molar-refractivity contribution in [3.05, 3.63) is 41.0 Å². The van der Waals surface area contributed by atoms with Crippen LogP contribution in [0.4, 0.5) is 8.78 Å². The van der Waals surface area contributed by atoms with Gasteiger partial charge in [-0.05, 0) is 43.2 Å². The summed E-state index contributed by atoms with van der Waals surface area (Å²) in [6, 6.07) is 2.18. The summed E-state index contributed by atoms with van der Waals surface area (Å²) in [6.45, 7) is 0.771. The van der Waals surface area contributed by atoms with Crippen LogP contribution in [0.15, 0.2) is 18.2 Å². The maximum absolute atomic E-state index is 13.9. The lowest BCUT2D eigenvalue weighted by molar-refractivity contribution is -0.134. The Labute approximate surface area is 110 Å². The van der Waals surface area contributed by atoms with Crippen LogP contribution in [-0.2, 0) is 9.53 Å². The van der Waals surface area contributed by atoms with Gasteiger partial charge in [0.25, 0.3) is 0 Å². The molecule has 0 aliphatic carbocycles. The molecule has 0 aromatic heterocycles. The van der Waals surface area contributed by atoms with Crippen molar-refractivity contribution in [1.29, 1.82) is 0 Å². The second-order valence-electron chi connectivity index (χ2n) is 4.40. The third-order valence-corrected chi connectivity index (χ3v) is 3.12. The summed E-state index contributed by atoms with van der Waals surface area (Å²) >= 11 is 0. The van der Waals surface area contributed by atoms with Crippen molar-refractivity contribution in [3.8, 4) is 0 Å². The van der Waals surface area contributed by atoms with E-state index in [1.807, 2.05) is 0 Å². The first kappa shape index (κ1) is 13.7. The molecule has 3 nitrogen and oxygen atoms in total. The predicted molar refractivity (Wildman–Crippen MR) is 67.4 cm³/mol. The summed E-state index contributed by atoms with van der Waals surface area (Å²) in [7, 11) is 1.24. The van der Waals surface area contributed by atoms with Crippen molar-refractivity contribution in [1.82, 2.24) is 5.32 Å². The fourth-order valence-electron chi connectivity index (χ4n) is 2.20. The van der Waals surface area contributed by atoms with Crippen LogP contribution < -0.4 is 5.32 Å². The Balaban J connectivity index is 2.26. The molecule has 19 heavy (non-hydrogen) atoms. The standard InChI is InChI=1S/C14H15F2NO2/c1-19-13(18)5-4-9-7-10(15)14(11(16)8-9)12-3-2-6-17-12/h4-5,7-8,12,17H,2-3,6H2,1H3/b5-4+. The van der Waals surface area contributed by atoms with Gasteiger partial charge in [-0.1, -0.05) is 0 Å². The summed E-state index contributed by atoms with van der Waals surface area (Å²) in [5, 5.41) is 3.06. The number of rotatable bonds is 3. The van der Waals surface area contributed by atoms with Gasteiger partial charge in [-0.25, -0.2) is 13.6 Å². The molecule has 1 N–H and O–H groups in total. The predicted octanol–water partition coefficient (Wildman–Crippen LogP) is 2.58. The SMILES string of the molecule is COC(=O)/C=C/c1cc(F)c(C2CCCN2)c(F)c1. The van der Waals surface area contributed by atoms with Gasteiger partial charge in [-0.2, -0.15) is 0 Å². The molecule has 2 rings (SSSR count). The fourth-order valence-corrected chi connectivity index (χ4v) is 2.20. The number of hydrogen-bond donors (Lipinski definition) is 1. The highest BCUT2D eigenvalue weighted by Crippen LogP contribution is 2.28. The van der Waals surface area contributed by atoms with Crippen molar-refractivity contribution in [2.45, 2.75) is 18.9 Å². The molecule has 0 spiro atoms. The molecule has 0 amide bonds. The number of nitrogens with one attached hydrogen (secondary N) is 1. The van der Waals surface area contributed by atoms with Crippen molar-refractivity contribution in [2.75, 3.05) is 13.7 Å². The summed E-state index contributed by atoms with van der Waals surface area (Å²) in [5.74, 6) is -1.75. The molecular weight excluding hydrogens is 252 g/mol. The number of benzene rings is 1. The zero-order valence-electron chi connectivity index (χ0n) is 10.6. The summed E-state index contributed by atoms with van der Waals surface area (Å²) in [4.78, 5) is 10.9. The van der Waals surface area contributed by atoms with Crippen LogP contribution in [0.25, 0.3) is 6.08 Å². The Morgan fingerprint density at radius 3 is 2.63 bits per heavy atom. The van der Waals surface area contributed by atoms with E-state index in [2.05, 4.69) is 10.1 Å². The van der Waals surface area contributed by atoms with Crippen molar-refractivity contribution < 1.29 is 18.3 Å². The van der Waals surface area contributed by atoms with E-state index in [0.29, 0.717) is 5.56 Å². The number of hydrogen-bond acceptors (Lipinski definition) is 3. The highest BCUT2D eigenvalue weighted by molar-refractivity contribution is 5.86. The molecule has 102 valence electrons. The van der Waals surface area contributed by atoms with Crippen molar-refractivity contribution in [3.63, 3.8) is 0 Å². The molecule has 5 heteroatoms. The highest BCUT2D eigenvalue weighted by atomic mass is 19.1. The average molecular weight is 267 g/mol. The number of methoxy groups -OCH3 is 1. The normalized spacial score (nSPS) is 19.0. The highest BCUT2D eigenvalue weighted by Gasteiger charge is 2.23. The third kappa shape index (κ3) is 3.17. The summed E-state index contributed by atoms with van der Waals surface area (Å²) in [5.41, 5.74) is 0.370. The minimum atomic E-state index is -0.594. The molecule has 1 unspecified atom stereocenters. The van der Waals surface area contributed by atoms with Gasteiger partial charge in [-0.15, -0.1) is 0 Å². The van der Waals surface area contributed by atoms with Crippen molar-refractivity contribution >= 4 is 12.0 Å². The van der Waals surface area contributed by atoms with E-state index in [4.69, 9.17) is 0 Å². The van der Waals surface area contributed by atoms with Gasteiger partial charge in [0.2, 0.25) is 0 Å². The first-order chi connectivity index (χ1) is 9.11. The van der Waals surface area contributed by atoms with Crippen LogP contribution in [0.1, 0.15) is 30.0 Å². The van der Waals surface area contributed by atoms with Gasteiger partial charge in [0.05, 0.1) is 7.11 Å². The average Bonchev–Trinajstić information content (AvgIpc) is 2.88. The number of ether oxygens (including phenoxy) is 1. The monoisotopic (exact) mass is 267 g/mol. The van der Waals surface area contributed by atoms with Crippen LogP contribution in [0, 0.1) is 11.6 Å². The first-order valence-electron chi connectivity index (χ1n) is 6.10. The van der Waals surface area contributed by atoms with E-state index in [0.717, 1.165) is 25.5 Å². The van der Waals surface area contributed by atoms with Crippen LogP contribution in [0.2, 0.25) is 0 Å². The smallest absolute Gasteiger partial charge is 0.330 e. The van der Waals surface area contributed by atoms with Gasteiger partial charge < -0.3 is 10.1 Å². The molecule has 1 aliphatic rings. The van der Waals surface area contributed by atoms with Crippen LogP contribution >= 0.6 is 0 Å². The van der Waals surface area contributed by atoms with Crippen LogP contribution in [0.5, 0.6) is 0 Å². The van der Waals surface area contributed by atoms with E-state index in [9.17, 15) is 13.6 Å². The molecule has 1 aliphatic heterocycles. The quantitative estimate of drug-likeness (QED) is 0.675. The van der Waals surface area contributed by atoms with Crippen LogP contribution in [0.3, 0.4) is 0 Å². The summed E-state index contributed by atoms with van der Waals surface area (Å²) < 4.78 is 32.3. The summed E-state index contributed by atoms with van der Waals surface area (Å²) in [6.07, 6.45) is 4.09. The largest absolute Gasteiger partial charge is 0.466 e. The zero-order valence-corrected chi connectivity index (χ0v) is 10.6. The number of carbonyl (C=O) groups excluding carboxylic acids is 1. The number of carbonyl (C=O) groups is 1. The Kier molecular flexibility index (Phi) is 4.27. The molecule has 1 aromatic carbocycles. The Hall–Kier alpha value is -1.75. The molecule has 1 atom stereocenters. The Bertz CT molecular complexity index is 485. The molecule has 1 saturated heterocycles. The third-order valence-electron chi connectivity index (χ3n) is 3.12. The van der Waals surface area contributed by atoms with E-state index >= 15 is 0 Å². The lowest BCUT2D eigenvalue weighted by Gasteiger charge is -2.13. The van der Waals surface area contributed by atoms with E-state index in [-0.39, 0.29) is 11.6 Å². The molecular formula is C14H15F2NO2. The molecule has 0 saturated carbocycles. The maximum Gasteiger partial charge on any atom is 0.330 e. The molecule has 1 heterocycles. The van der Waals surface area contributed by atoms with Crippen LogP contribution in [-0.4, -0.2) is 19.6 Å². The number of halogens is 2. The van der Waals surface area contributed by atoms with E-state index in [1.54, 1.807) is 0 Å². The van der Waals surface area contributed by atoms with Crippen molar-refractivity contribution in [2.24, 2.45) is 0 Å². The van der Waals surface area contributed by atoms with Gasteiger partial charge in [0, 0.05) is 17.7 Å². The molecule has 0 radical (unpaired) electrons. The molecule has 1 aromatic rings. The van der Waals surface area contributed by atoms with E-state index < -0.39 is 17.6 Å². The topological polar surface area (TPSA) is 38.3 Å². The molecule has 0 bridgehead atoms. The van der Waals surface area contributed by atoms with Gasteiger partial charge >= 0.3 is 5.97 Å². The minimum Gasteiger partial charge on any atom is -0.466 e. The number of esters is 1. The Morgan fingerprint density at radius 2 is 2.11 bits per heavy atom. The lowest BCUT2D eigenvalue weighted by atomic mass is 10.0. The van der Waals surface area contributed by atoms with Gasteiger partial charge in [0.1, 0.15) is 11.6 Å². The van der Waals surface area contributed by atoms with E-state index in [1.165, 1.54) is 25.3 Å². The Morgan fingerprint density at radius 1 is 1.42 bits per heavy atom. The molecule has 1 fully saturated rings. The van der Waals surface area contributed by atoms with Gasteiger partial charge in [-0.3, -0.25) is 0 Å². The maximum atomic E-state index is 13.9. The van der Waals surface area contributed by atoms with Gasteiger partial charge in [0.15, 0.2) is 0 Å². The fraction of sp³-hybridized carbons (Fsp3) is 0.357. The second kappa shape index (κ2) is 5.93. The zero-order chi connectivity index (χ0) is 13.8. The lowest BCUT2D eigenvalue weighted by Crippen LogP contribution is -2.16. The second-order valence-corrected chi connectivity index (χ2v) is 4.40. The minimum absolute atomic E-state index is 0.0766. The first-order valence-corrected chi connectivity index (χ1v) is 6.10.